The molecule has 1 saturated heterocycles. The van der Waals surface area contributed by atoms with Gasteiger partial charge in [-0.3, -0.25) is 19.3 Å². The van der Waals surface area contributed by atoms with Crippen LogP contribution in [-0.4, -0.2) is 58.3 Å². The first kappa shape index (κ1) is 23.5. The summed E-state index contributed by atoms with van der Waals surface area (Å²) >= 11 is 0. The van der Waals surface area contributed by atoms with Crippen LogP contribution in [0.1, 0.15) is 45.2 Å². The third-order valence-electron chi connectivity index (χ3n) is 7.56. The van der Waals surface area contributed by atoms with Gasteiger partial charge in [0.1, 0.15) is 6.67 Å². The minimum Gasteiger partial charge on any atom is -0.502 e. The van der Waals surface area contributed by atoms with Gasteiger partial charge in [0.2, 0.25) is 5.43 Å². The SMILES string of the molecule is CN1CC[C@@H](N2CN(C3c4ccccc4CCc4ccccc43)n3ccc(=O)c(O)c3C2=O)C1.Cl. The number of likely N-dealkylation sites (N-methyl/N-ethyl adjacent to an activating group) is 1. The lowest BCUT2D eigenvalue weighted by Crippen LogP contribution is -2.58. The molecule has 0 spiro atoms. The van der Waals surface area contributed by atoms with E-state index >= 15 is 0 Å². The smallest absolute Gasteiger partial charge is 0.278 e. The molecular formula is C27H29ClN4O3. The molecule has 182 valence electrons. The molecule has 1 amide bonds. The summed E-state index contributed by atoms with van der Waals surface area (Å²) in [6.45, 7) is 2.06. The van der Waals surface area contributed by atoms with Gasteiger partial charge in [-0.1, -0.05) is 48.5 Å². The van der Waals surface area contributed by atoms with E-state index in [9.17, 15) is 14.7 Å². The maximum absolute atomic E-state index is 13.6. The second kappa shape index (κ2) is 9.06. The fourth-order valence-corrected chi connectivity index (χ4v) is 5.82. The Morgan fingerprint density at radius 3 is 2.14 bits per heavy atom. The van der Waals surface area contributed by atoms with Crippen molar-refractivity contribution in [3.63, 3.8) is 0 Å². The first-order valence-corrected chi connectivity index (χ1v) is 11.9. The number of benzene rings is 2. The Morgan fingerprint density at radius 1 is 0.914 bits per heavy atom. The molecule has 3 heterocycles. The summed E-state index contributed by atoms with van der Waals surface area (Å²) in [5.74, 6) is -0.773. The van der Waals surface area contributed by atoms with E-state index in [2.05, 4.69) is 65.5 Å². The van der Waals surface area contributed by atoms with E-state index in [1.165, 1.54) is 28.3 Å². The maximum atomic E-state index is 13.6. The molecule has 7 nitrogen and oxygen atoms in total. The number of aromatic hydroxyl groups is 1. The van der Waals surface area contributed by atoms with Gasteiger partial charge in [0.15, 0.2) is 11.4 Å². The molecule has 8 heteroatoms. The predicted molar refractivity (Wildman–Crippen MR) is 137 cm³/mol. The molecule has 2 aromatic carbocycles. The quantitative estimate of drug-likeness (QED) is 0.595. The average molecular weight is 493 g/mol. The minimum atomic E-state index is -0.536. The molecule has 6 rings (SSSR count). The van der Waals surface area contributed by atoms with Crippen molar-refractivity contribution in [3.8, 4) is 5.75 Å². The first-order valence-electron chi connectivity index (χ1n) is 11.9. The third kappa shape index (κ3) is 3.79. The predicted octanol–water partition coefficient (Wildman–Crippen LogP) is 2.92. The summed E-state index contributed by atoms with van der Waals surface area (Å²) in [6, 6.07) is 18.1. The Balaban J connectivity index is 0.00000253. The number of hydrogen-bond donors (Lipinski definition) is 1. The molecule has 35 heavy (non-hydrogen) atoms. The molecule has 1 fully saturated rings. The highest BCUT2D eigenvalue weighted by atomic mass is 35.5. The van der Waals surface area contributed by atoms with Gasteiger partial charge in [-0.25, -0.2) is 0 Å². The van der Waals surface area contributed by atoms with Gasteiger partial charge in [0.05, 0.1) is 6.04 Å². The zero-order chi connectivity index (χ0) is 23.4. The normalized spacial score (nSPS) is 20.0. The number of aromatic nitrogens is 1. The Hall–Kier alpha value is -3.29. The van der Waals surface area contributed by atoms with E-state index in [4.69, 9.17) is 0 Å². The van der Waals surface area contributed by atoms with Crippen LogP contribution in [0.25, 0.3) is 0 Å². The summed E-state index contributed by atoms with van der Waals surface area (Å²) in [5.41, 5.74) is 4.45. The molecule has 1 atom stereocenters. The van der Waals surface area contributed by atoms with Crippen LogP contribution in [-0.2, 0) is 12.8 Å². The number of likely N-dealkylation sites (tertiary alicyclic amines) is 1. The summed E-state index contributed by atoms with van der Waals surface area (Å²) in [6.07, 6.45) is 4.38. The van der Waals surface area contributed by atoms with Crippen LogP contribution in [0, 0.1) is 0 Å². The van der Waals surface area contributed by atoms with Gasteiger partial charge < -0.3 is 14.9 Å². The third-order valence-corrected chi connectivity index (χ3v) is 7.56. The van der Waals surface area contributed by atoms with Crippen molar-refractivity contribution in [1.82, 2.24) is 14.5 Å². The summed E-state index contributed by atoms with van der Waals surface area (Å²) in [4.78, 5) is 30.1. The van der Waals surface area contributed by atoms with Crippen molar-refractivity contribution in [2.75, 3.05) is 31.8 Å². The number of aryl methyl sites for hydroxylation is 2. The molecule has 3 aliphatic rings. The Labute approximate surface area is 210 Å². The zero-order valence-corrected chi connectivity index (χ0v) is 20.4. The number of nitrogens with zero attached hydrogens (tertiary/aromatic N) is 4. The molecule has 2 aliphatic heterocycles. The zero-order valence-electron chi connectivity index (χ0n) is 19.6. The van der Waals surface area contributed by atoms with Crippen LogP contribution in [0.15, 0.2) is 65.6 Å². The summed E-state index contributed by atoms with van der Waals surface area (Å²) in [7, 11) is 2.06. The van der Waals surface area contributed by atoms with E-state index in [-0.39, 0.29) is 36.1 Å². The van der Waals surface area contributed by atoms with Gasteiger partial charge in [-0.15, -0.1) is 12.4 Å². The van der Waals surface area contributed by atoms with E-state index in [0.29, 0.717) is 6.67 Å². The number of fused-ring (bicyclic) bond motifs is 3. The van der Waals surface area contributed by atoms with Crippen LogP contribution in [0.5, 0.6) is 5.75 Å². The molecule has 0 unspecified atom stereocenters. The summed E-state index contributed by atoms with van der Waals surface area (Å²) < 4.78 is 1.71. The number of rotatable bonds is 2. The number of halogens is 1. The van der Waals surface area contributed by atoms with Gasteiger partial charge in [0.25, 0.3) is 5.91 Å². The van der Waals surface area contributed by atoms with Gasteiger partial charge in [0, 0.05) is 24.8 Å². The summed E-state index contributed by atoms with van der Waals surface area (Å²) in [5, 5.41) is 12.9. The standard InChI is InChI=1S/C27H28N4O3.ClH/c1-28-14-12-20(16-28)29-17-31(30-15-13-23(32)26(33)25(30)27(29)34)24-21-8-4-2-6-18(21)10-11-19-7-3-5-9-22(19)24;/h2-9,13,15,20,24,33H,10-12,14,16-17H2,1H3;1H/t20-;/m1./s1. The van der Waals surface area contributed by atoms with E-state index in [0.717, 1.165) is 32.4 Å². The lowest BCUT2D eigenvalue weighted by atomic mass is 9.94. The van der Waals surface area contributed by atoms with Crippen molar-refractivity contribution in [2.45, 2.75) is 31.3 Å². The first-order chi connectivity index (χ1) is 16.5. The number of pyridine rings is 1. The Kier molecular flexibility index (Phi) is 6.07. The highest BCUT2D eigenvalue weighted by molar-refractivity contribution is 5.96. The number of hydrogen-bond acceptors (Lipinski definition) is 5. The van der Waals surface area contributed by atoms with Crippen LogP contribution >= 0.6 is 12.4 Å². The number of carbonyl (C=O) groups excluding carboxylic acids is 1. The van der Waals surface area contributed by atoms with Crippen molar-refractivity contribution < 1.29 is 9.90 Å². The van der Waals surface area contributed by atoms with Crippen LogP contribution in [0.4, 0.5) is 0 Å². The van der Waals surface area contributed by atoms with E-state index in [1.54, 1.807) is 10.9 Å². The molecule has 1 aliphatic carbocycles. The second-order valence-electron chi connectivity index (χ2n) is 9.58. The Morgan fingerprint density at radius 2 is 1.54 bits per heavy atom. The van der Waals surface area contributed by atoms with E-state index in [1.807, 2.05) is 4.90 Å². The van der Waals surface area contributed by atoms with Crippen LogP contribution in [0.2, 0.25) is 0 Å². The van der Waals surface area contributed by atoms with Crippen molar-refractivity contribution in [3.05, 3.63) is 99.0 Å². The highest BCUT2D eigenvalue weighted by Crippen LogP contribution is 2.38. The molecular weight excluding hydrogens is 464 g/mol. The van der Waals surface area contributed by atoms with Gasteiger partial charge >= 0.3 is 0 Å². The maximum Gasteiger partial charge on any atom is 0.278 e. The van der Waals surface area contributed by atoms with Crippen molar-refractivity contribution >= 4 is 18.3 Å². The van der Waals surface area contributed by atoms with E-state index < -0.39 is 11.2 Å². The molecule has 3 aromatic rings. The lowest BCUT2D eigenvalue weighted by molar-refractivity contribution is 0.0597. The van der Waals surface area contributed by atoms with Gasteiger partial charge in [-0.05, 0) is 55.1 Å². The molecule has 0 saturated carbocycles. The van der Waals surface area contributed by atoms with Gasteiger partial charge in [-0.2, -0.15) is 0 Å². The Bertz CT molecular complexity index is 1290. The highest BCUT2D eigenvalue weighted by Gasteiger charge is 2.41. The van der Waals surface area contributed by atoms with Crippen molar-refractivity contribution in [1.29, 1.82) is 0 Å². The molecule has 1 N–H and O–H groups in total. The largest absolute Gasteiger partial charge is 0.502 e. The van der Waals surface area contributed by atoms with Crippen molar-refractivity contribution in [2.24, 2.45) is 0 Å². The fraction of sp³-hybridized carbons (Fsp3) is 0.333. The minimum absolute atomic E-state index is 0. The molecule has 0 bridgehead atoms. The van der Waals surface area contributed by atoms with Crippen LogP contribution in [0.3, 0.4) is 0 Å². The second-order valence-corrected chi connectivity index (χ2v) is 9.58. The van der Waals surface area contributed by atoms with Crippen LogP contribution < -0.4 is 10.4 Å². The average Bonchev–Trinajstić information content (AvgIpc) is 3.20. The number of carbonyl (C=O) groups is 1. The monoisotopic (exact) mass is 492 g/mol. The fourth-order valence-electron chi connectivity index (χ4n) is 5.82. The molecule has 1 aromatic heterocycles. The lowest BCUT2D eigenvalue weighted by Gasteiger charge is -2.46. The topological polar surface area (TPSA) is 69.0 Å². The molecule has 0 radical (unpaired) electrons. The number of amides is 1.